The molecule has 136 valence electrons. The number of carboxylic acid groups (broad SMARTS) is 1. The van der Waals surface area contributed by atoms with Gasteiger partial charge in [0.2, 0.25) is 0 Å². The van der Waals surface area contributed by atoms with Crippen molar-refractivity contribution in [2.45, 2.75) is 25.8 Å². The molecule has 0 atom stereocenters. The van der Waals surface area contributed by atoms with Crippen molar-refractivity contribution in [1.29, 1.82) is 0 Å². The molecule has 0 radical (unpaired) electrons. The van der Waals surface area contributed by atoms with E-state index in [1.54, 1.807) is 19.1 Å². The van der Waals surface area contributed by atoms with Gasteiger partial charge >= 0.3 is 18.0 Å². The van der Waals surface area contributed by atoms with Gasteiger partial charge < -0.3 is 25.4 Å². The van der Waals surface area contributed by atoms with E-state index < -0.39 is 11.9 Å². The van der Waals surface area contributed by atoms with Crippen LogP contribution in [0.4, 0.5) is 10.6 Å². The van der Waals surface area contributed by atoms with Crippen LogP contribution in [0.1, 0.15) is 30.1 Å². The van der Waals surface area contributed by atoms with E-state index in [0.717, 1.165) is 5.82 Å². The second kappa shape index (κ2) is 8.86. The number of aromatic nitrogens is 1. The normalized spacial score (nSPS) is 13.7. The van der Waals surface area contributed by atoms with Gasteiger partial charge in [-0.1, -0.05) is 0 Å². The highest BCUT2D eigenvalue weighted by atomic mass is 16.5. The van der Waals surface area contributed by atoms with Crippen LogP contribution >= 0.6 is 0 Å². The first-order valence-corrected chi connectivity index (χ1v) is 8.14. The predicted molar refractivity (Wildman–Crippen MR) is 89.6 cm³/mol. The summed E-state index contributed by atoms with van der Waals surface area (Å²) in [5.74, 6) is -0.546. The number of nitrogens with one attached hydrogen (secondary N) is 2. The van der Waals surface area contributed by atoms with Crippen molar-refractivity contribution in [3.05, 3.63) is 23.9 Å². The Kier molecular flexibility index (Phi) is 6.55. The Hall–Kier alpha value is -2.84. The second-order valence-electron chi connectivity index (χ2n) is 5.62. The summed E-state index contributed by atoms with van der Waals surface area (Å²) in [6.07, 6.45) is 1.91. The molecule has 2 amide bonds. The maximum atomic E-state index is 11.7. The minimum Gasteiger partial charge on any atom is -0.481 e. The monoisotopic (exact) mass is 350 g/mol. The quantitative estimate of drug-likeness (QED) is 0.464. The van der Waals surface area contributed by atoms with Crippen LogP contribution in [-0.4, -0.2) is 60.3 Å². The summed E-state index contributed by atoms with van der Waals surface area (Å²) in [5, 5.41) is 14.0. The average molecular weight is 350 g/mol. The van der Waals surface area contributed by atoms with E-state index in [9.17, 15) is 14.4 Å². The van der Waals surface area contributed by atoms with Crippen LogP contribution in [0.15, 0.2) is 18.3 Å². The zero-order valence-corrected chi connectivity index (χ0v) is 14.0. The van der Waals surface area contributed by atoms with Gasteiger partial charge in [0.25, 0.3) is 0 Å². The average Bonchev–Trinajstić information content (AvgIpc) is 2.55. The minimum absolute atomic E-state index is 0.00556. The number of anilines is 1. The first-order chi connectivity index (χ1) is 12.0. The summed E-state index contributed by atoms with van der Waals surface area (Å²) in [5.41, 5.74) is 0.404. The fourth-order valence-corrected chi connectivity index (χ4v) is 2.34. The number of carbonyl (C=O) groups excluding carboxylic acids is 2. The molecule has 1 aliphatic rings. The topological polar surface area (TPSA) is 121 Å². The Morgan fingerprint density at radius 3 is 2.72 bits per heavy atom. The molecule has 0 unspecified atom stereocenters. The Morgan fingerprint density at radius 1 is 1.36 bits per heavy atom. The van der Waals surface area contributed by atoms with Crippen molar-refractivity contribution in [2.24, 2.45) is 0 Å². The van der Waals surface area contributed by atoms with Crippen LogP contribution in [0.2, 0.25) is 0 Å². The van der Waals surface area contributed by atoms with Crippen LogP contribution in [0.5, 0.6) is 0 Å². The molecule has 9 heteroatoms. The third kappa shape index (κ3) is 5.63. The molecule has 0 saturated carbocycles. The predicted octanol–water partition coefficient (Wildman–Crippen LogP) is 0.611. The van der Waals surface area contributed by atoms with E-state index >= 15 is 0 Å². The van der Waals surface area contributed by atoms with Gasteiger partial charge in [-0.15, -0.1) is 0 Å². The molecule has 1 aliphatic heterocycles. The number of pyridine rings is 1. The first kappa shape index (κ1) is 18.5. The van der Waals surface area contributed by atoms with Gasteiger partial charge in [-0.25, -0.2) is 14.6 Å². The number of carboxylic acids is 1. The van der Waals surface area contributed by atoms with E-state index in [2.05, 4.69) is 15.6 Å². The lowest BCUT2D eigenvalue weighted by molar-refractivity contribution is -0.137. The fraction of sp³-hybridized carbons (Fsp3) is 0.500. The molecule has 2 heterocycles. The van der Waals surface area contributed by atoms with Crippen LogP contribution in [0.25, 0.3) is 0 Å². The van der Waals surface area contributed by atoms with Crippen molar-refractivity contribution in [2.75, 3.05) is 31.1 Å². The number of esters is 1. The molecule has 1 aromatic heterocycles. The summed E-state index contributed by atoms with van der Waals surface area (Å²) < 4.78 is 4.90. The maximum absolute atomic E-state index is 11.7. The molecular weight excluding hydrogens is 328 g/mol. The molecule has 1 saturated heterocycles. The molecule has 1 fully saturated rings. The summed E-state index contributed by atoms with van der Waals surface area (Å²) in [7, 11) is 0. The van der Waals surface area contributed by atoms with Gasteiger partial charge in [-0.2, -0.15) is 0 Å². The van der Waals surface area contributed by atoms with E-state index in [-0.39, 0.29) is 18.5 Å². The third-order valence-electron chi connectivity index (χ3n) is 3.65. The number of aliphatic carboxylic acids is 1. The van der Waals surface area contributed by atoms with Gasteiger partial charge in [0, 0.05) is 32.3 Å². The smallest absolute Gasteiger partial charge is 0.339 e. The SMILES string of the molecule is CCOC(=O)c1ccc(N2CC(NC(=O)NCCCC(=O)O)C2)nc1. The Bertz CT molecular complexity index is 613. The highest BCUT2D eigenvalue weighted by molar-refractivity contribution is 5.89. The molecule has 0 aliphatic carbocycles. The minimum atomic E-state index is -0.877. The number of ether oxygens (including phenoxy) is 1. The highest BCUT2D eigenvalue weighted by Crippen LogP contribution is 2.18. The van der Waals surface area contributed by atoms with Crippen molar-refractivity contribution < 1.29 is 24.2 Å². The van der Waals surface area contributed by atoms with E-state index in [1.807, 2.05) is 4.90 Å². The molecule has 1 aromatic rings. The highest BCUT2D eigenvalue weighted by Gasteiger charge is 2.29. The van der Waals surface area contributed by atoms with Crippen molar-refractivity contribution in [3.63, 3.8) is 0 Å². The molecule has 0 spiro atoms. The molecule has 2 rings (SSSR count). The number of hydrogen-bond donors (Lipinski definition) is 3. The zero-order valence-electron chi connectivity index (χ0n) is 14.0. The van der Waals surface area contributed by atoms with E-state index in [4.69, 9.17) is 9.84 Å². The molecular formula is C16H22N4O5. The lowest BCUT2D eigenvalue weighted by atomic mass is 10.1. The summed E-state index contributed by atoms with van der Waals surface area (Å²) in [6, 6.07) is 3.11. The Labute approximate surface area is 145 Å². The van der Waals surface area contributed by atoms with Crippen LogP contribution in [0.3, 0.4) is 0 Å². The largest absolute Gasteiger partial charge is 0.481 e. The summed E-state index contributed by atoms with van der Waals surface area (Å²) >= 11 is 0. The van der Waals surface area contributed by atoms with Gasteiger partial charge in [-0.05, 0) is 25.5 Å². The number of carbonyl (C=O) groups is 3. The van der Waals surface area contributed by atoms with Gasteiger partial charge in [0.15, 0.2) is 0 Å². The molecule has 0 aromatic carbocycles. The number of nitrogens with zero attached hydrogens (tertiary/aromatic N) is 2. The molecule has 25 heavy (non-hydrogen) atoms. The molecule has 0 bridgehead atoms. The van der Waals surface area contributed by atoms with E-state index in [1.165, 1.54) is 6.20 Å². The van der Waals surface area contributed by atoms with Crippen LogP contribution < -0.4 is 15.5 Å². The summed E-state index contributed by atoms with van der Waals surface area (Å²) in [4.78, 5) is 39.8. The number of hydrogen-bond acceptors (Lipinski definition) is 6. The zero-order chi connectivity index (χ0) is 18.2. The number of urea groups is 1. The Morgan fingerprint density at radius 2 is 2.12 bits per heavy atom. The lowest BCUT2D eigenvalue weighted by Crippen LogP contribution is -2.61. The van der Waals surface area contributed by atoms with E-state index in [0.29, 0.717) is 38.2 Å². The van der Waals surface area contributed by atoms with Crippen LogP contribution in [-0.2, 0) is 9.53 Å². The summed E-state index contributed by atoms with van der Waals surface area (Å²) in [6.45, 7) is 3.63. The maximum Gasteiger partial charge on any atom is 0.339 e. The van der Waals surface area contributed by atoms with Gasteiger partial charge in [0.1, 0.15) is 5.82 Å². The lowest BCUT2D eigenvalue weighted by Gasteiger charge is -2.40. The van der Waals surface area contributed by atoms with Gasteiger partial charge in [-0.3, -0.25) is 4.79 Å². The second-order valence-corrected chi connectivity index (χ2v) is 5.62. The van der Waals surface area contributed by atoms with Crippen LogP contribution in [0, 0.1) is 0 Å². The number of amides is 2. The van der Waals surface area contributed by atoms with Crippen molar-refractivity contribution in [3.8, 4) is 0 Å². The standard InChI is InChI=1S/C16H22N4O5/c1-2-25-15(23)11-5-6-13(18-8-11)20-9-12(10-20)19-16(24)17-7-3-4-14(21)22/h5-6,8,12H,2-4,7,9-10H2,1H3,(H,21,22)(H2,17,19,24). The molecule has 9 nitrogen and oxygen atoms in total. The van der Waals surface area contributed by atoms with Gasteiger partial charge in [0.05, 0.1) is 18.2 Å². The third-order valence-corrected chi connectivity index (χ3v) is 3.65. The number of rotatable bonds is 8. The molecule has 3 N–H and O–H groups in total. The van der Waals surface area contributed by atoms with Crippen molar-refractivity contribution in [1.82, 2.24) is 15.6 Å². The first-order valence-electron chi connectivity index (χ1n) is 8.14. The Balaban J connectivity index is 1.68. The van der Waals surface area contributed by atoms with Crippen molar-refractivity contribution >= 4 is 23.8 Å². The fourth-order valence-electron chi connectivity index (χ4n) is 2.34.